The van der Waals surface area contributed by atoms with Crippen LogP contribution in [-0.2, 0) is 21.7 Å². The van der Waals surface area contributed by atoms with E-state index < -0.39 is 0 Å². The fourth-order valence-electron chi connectivity index (χ4n) is 11.9. The lowest BCUT2D eigenvalue weighted by Gasteiger charge is -2.23. The van der Waals surface area contributed by atoms with Crippen LogP contribution in [-0.4, -0.2) is 48.8 Å². The number of rotatable bonds is 4. The third-order valence-corrected chi connectivity index (χ3v) is 15.4. The summed E-state index contributed by atoms with van der Waals surface area (Å²) in [6.07, 6.45) is 13.7. The summed E-state index contributed by atoms with van der Waals surface area (Å²) in [4.78, 5) is 4.69. The number of hydrogen-bond acceptors (Lipinski definition) is 2. The first kappa shape index (κ1) is 44.0. The van der Waals surface area contributed by atoms with Gasteiger partial charge >= 0.3 is 0 Å². The van der Waals surface area contributed by atoms with Crippen molar-refractivity contribution >= 4 is 55.7 Å². The number of allylic oxidation sites excluding steroid dienone is 8. The first-order valence-electron chi connectivity index (χ1n) is 23.4. The van der Waals surface area contributed by atoms with E-state index in [1.807, 2.05) is 0 Å². The van der Waals surface area contributed by atoms with Crippen LogP contribution in [0.5, 0.6) is 0 Å². The highest BCUT2D eigenvalue weighted by Gasteiger charge is 2.46. The Bertz CT molecular complexity index is 3170. The van der Waals surface area contributed by atoms with Gasteiger partial charge in [0, 0.05) is 83.1 Å². The molecule has 65 heavy (non-hydrogen) atoms. The Morgan fingerprint density at radius 3 is 1.34 bits per heavy atom. The van der Waals surface area contributed by atoms with Gasteiger partial charge in [-0.25, -0.2) is 0 Å². The van der Waals surface area contributed by atoms with Gasteiger partial charge in [-0.05, 0) is 118 Å². The molecule has 0 bridgehead atoms. The third-order valence-electron chi connectivity index (χ3n) is 15.4. The van der Waals surface area contributed by atoms with E-state index in [2.05, 4.69) is 263 Å². The number of fused-ring (bicyclic) bond motifs is 8. The smallest absolute Gasteiger partial charge is 0.210 e. The van der Waals surface area contributed by atoms with Crippen LogP contribution in [0.4, 0.5) is 22.7 Å². The molecule has 4 heteroatoms. The highest BCUT2D eigenvalue weighted by molar-refractivity contribution is 6.09. The molecule has 0 atom stereocenters. The molecule has 6 aromatic carbocycles. The van der Waals surface area contributed by atoms with Crippen molar-refractivity contribution in [1.82, 2.24) is 0 Å². The van der Waals surface area contributed by atoms with Crippen LogP contribution in [0.3, 0.4) is 0 Å². The molecule has 0 unspecified atom stereocenters. The van der Waals surface area contributed by atoms with Gasteiger partial charge in [0.1, 0.15) is 14.1 Å². The number of aryl methyl sites for hydroxylation is 3. The molecule has 4 heterocycles. The van der Waals surface area contributed by atoms with Gasteiger partial charge in [0.15, 0.2) is 11.4 Å². The maximum Gasteiger partial charge on any atom is 0.210 e. The molecule has 4 aliphatic heterocycles. The van der Waals surface area contributed by atoms with Crippen molar-refractivity contribution in [2.24, 2.45) is 0 Å². The Labute approximate surface area is 389 Å². The van der Waals surface area contributed by atoms with Crippen molar-refractivity contribution < 1.29 is 9.15 Å². The van der Waals surface area contributed by atoms with Crippen LogP contribution in [0.15, 0.2) is 151 Å². The van der Waals surface area contributed by atoms with Crippen LogP contribution < -0.4 is 9.80 Å². The van der Waals surface area contributed by atoms with Gasteiger partial charge in [0.05, 0.1) is 10.8 Å². The predicted octanol–water partition coefficient (Wildman–Crippen LogP) is 14.4. The minimum Gasteiger partial charge on any atom is -0.347 e. The SMILES string of the molecule is Cc1ccc2c(c1)C(C)(C)/C(=C\C=C\C1=[N+](C)c3ccc4ccc(C)cc4c3C1(C)C)N2C.Cc1ccc2c(c1)C(C)(C)/C(=C\C=C\C1=[N+](C)c3ccc4ccccc4c3C1(C)C)N2C. The zero-order chi connectivity index (χ0) is 46.5. The fourth-order valence-corrected chi connectivity index (χ4v) is 11.9. The lowest BCUT2D eigenvalue weighted by Crippen LogP contribution is -2.27. The Balaban J connectivity index is 0.000000164. The summed E-state index contributed by atoms with van der Waals surface area (Å²) in [6.45, 7) is 25.3. The third kappa shape index (κ3) is 6.86. The van der Waals surface area contributed by atoms with Gasteiger partial charge in [-0.1, -0.05) is 123 Å². The minimum atomic E-state index is -0.0659. The second-order valence-electron chi connectivity index (χ2n) is 21.2. The number of benzene rings is 6. The Hall–Kier alpha value is -6.26. The van der Waals surface area contributed by atoms with Crippen LogP contribution in [0, 0.1) is 20.8 Å². The first-order chi connectivity index (χ1) is 30.7. The maximum atomic E-state index is 2.37. The van der Waals surface area contributed by atoms with E-state index in [1.54, 1.807) is 0 Å². The molecule has 0 fully saturated rings. The second-order valence-corrected chi connectivity index (χ2v) is 21.2. The van der Waals surface area contributed by atoms with Gasteiger partial charge in [-0.2, -0.15) is 9.15 Å². The van der Waals surface area contributed by atoms with Gasteiger partial charge in [0.2, 0.25) is 11.4 Å². The Kier molecular flexibility index (Phi) is 10.4. The van der Waals surface area contributed by atoms with E-state index in [0.29, 0.717) is 0 Å². The van der Waals surface area contributed by atoms with Gasteiger partial charge in [-0.15, -0.1) is 0 Å². The van der Waals surface area contributed by atoms with Crippen molar-refractivity contribution in [2.75, 3.05) is 38.0 Å². The van der Waals surface area contributed by atoms with Gasteiger partial charge in [-0.3, -0.25) is 0 Å². The molecule has 0 N–H and O–H groups in total. The van der Waals surface area contributed by atoms with Crippen molar-refractivity contribution in [3.8, 4) is 0 Å². The van der Waals surface area contributed by atoms with Crippen LogP contribution in [0.1, 0.15) is 94.3 Å². The van der Waals surface area contributed by atoms with Crippen molar-refractivity contribution in [3.63, 3.8) is 0 Å². The molecule has 4 nitrogen and oxygen atoms in total. The maximum absolute atomic E-state index is 2.37. The van der Waals surface area contributed by atoms with E-state index in [9.17, 15) is 0 Å². The number of likely N-dealkylation sites (N-methyl/N-ethyl adjacent to an activating group) is 2. The minimum absolute atomic E-state index is 0.0125. The summed E-state index contributed by atoms with van der Waals surface area (Å²) in [6, 6.07) is 38.2. The van der Waals surface area contributed by atoms with Crippen molar-refractivity contribution in [3.05, 3.63) is 190 Å². The van der Waals surface area contributed by atoms with E-state index in [-0.39, 0.29) is 21.7 Å². The lowest BCUT2D eigenvalue weighted by atomic mass is 9.78. The highest BCUT2D eigenvalue weighted by Crippen LogP contribution is 2.50. The summed E-state index contributed by atoms with van der Waals surface area (Å²) >= 11 is 0. The fraction of sp³-hybridized carbons (Fsp3) is 0.311. The largest absolute Gasteiger partial charge is 0.347 e. The molecule has 0 spiro atoms. The Morgan fingerprint density at radius 1 is 0.446 bits per heavy atom. The average Bonchev–Trinajstić information content (AvgIpc) is 3.75. The van der Waals surface area contributed by atoms with E-state index >= 15 is 0 Å². The van der Waals surface area contributed by atoms with Crippen LogP contribution in [0.25, 0.3) is 21.5 Å². The summed E-state index contributed by atoms with van der Waals surface area (Å²) < 4.78 is 4.73. The summed E-state index contributed by atoms with van der Waals surface area (Å²) in [5.74, 6) is 0. The summed E-state index contributed by atoms with van der Waals surface area (Å²) in [5, 5.41) is 5.35. The normalized spacial score (nSPS) is 19.9. The Morgan fingerprint density at radius 2 is 0.846 bits per heavy atom. The van der Waals surface area contributed by atoms with E-state index in [1.165, 1.54) is 106 Å². The molecule has 0 saturated heterocycles. The molecule has 6 aromatic rings. The monoisotopic (exact) mass is 857 g/mol. The topological polar surface area (TPSA) is 12.5 Å². The van der Waals surface area contributed by atoms with Crippen molar-refractivity contribution in [2.45, 2.75) is 97.8 Å². The van der Waals surface area contributed by atoms with Gasteiger partial charge in [0.25, 0.3) is 0 Å². The molecule has 0 saturated carbocycles. The van der Waals surface area contributed by atoms with E-state index in [4.69, 9.17) is 0 Å². The zero-order valence-electron chi connectivity index (χ0n) is 41.6. The van der Waals surface area contributed by atoms with Gasteiger partial charge < -0.3 is 9.80 Å². The molecular formula is C61H68N4+2. The molecule has 10 rings (SSSR count). The second kappa shape index (κ2) is 15.4. The predicted molar refractivity (Wildman–Crippen MR) is 280 cm³/mol. The van der Waals surface area contributed by atoms with Crippen LogP contribution >= 0.6 is 0 Å². The quantitative estimate of drug-likeness (QED) is 0.164. The molecule has 0 amide bonds. The molecule has 0 aromatic heterocycles. The molecular weight excluding hydrogens is 789 g/mol. The molecule has 330 valence electrons. The highest BCUT2D eigenvalue weighted by atomic mass is 15.2. The zero-order valence-corrected chi connectivity index (χ0v) is 41.6. The first-order valence-corrected chi connectivity index (χ1v) is 23.4. The lowest BCUT2D eigenvalue weighted by molar-refractivity contribution is -0.401. The van der Waals surface area contributed by atoms with Crippen molar-refractivity contribution in [1.29, 1.82) is 0 Å². The van der Waals surface area contributed by atoms with Crippen LogP contribution in [0.2, 0.25) is 0 Å². The number of hydrogen-bond donors (Lipinski definition) is 0. The standard InChI is InChI=1S/C31H35N2.C30H33N2/c1-20-12-14-22-15-17-26-29(23(22)18-20)31(5,6)28(33(26)8)11-9-10-27-30(3,4)24-19-21(2)13-16-25(24)32(27)7;1-20-15-17-24-23(19-20)29(2,3)26(31(24)6)13-10-14-27-30(4,5)28-22-12-9-8-11-21(22)16-18-25(28)32(27)7/h9-19H,1-8H3;8-19H,1-7H3/q2*+1. The summed E-state index contributed by atoms with van der Waals surface area (Å²) in [7, 11) is 8.76. The molecule has 0 radical (unpaired) electrons. The molecule has 0 aliphatic carbocycles. The number of nitrogens with zero attached hydrogens (tertiary/aromatic N) is 4. The number of anilines is 2. The van der Waals surface area contributed by atoms with E-state index in [0.717, 1.165) is 0 Å². The average molecular weight is 857 g/mol. The molecule has 4 aliphatic rings. The summed E-state index contributed by atoms with van der Waals surface area (Å²) in [5.41, 5.74) is 20.0.